The van der Waals surface area contributed by atoms with Crippen LogP contribution in [0.2, 0.25) is 0 Å². The summed E-state index contributed by atoms with van der Waals surface area (Å²) in [6.45, 7) is 5.28. The zero-order chi connectivity index (χ0) is 12.1. The number of aryl methyl sites for hydroxylation is 2. The molecule has 0 aliphatic heterocycles. The van der Waals surface area contributed by atoms with Crippen molar-refractivity contribution >= 4 is 17.6 Å². The molecule has 0 radical (unpaired) electrons. The molecule has 5 nitrogen and oxygen atoms in total. The number of benzene rings is 1. The Morgan fingerprint density at radius 1 is 1.06 bits per heavy atom. The summed E-state index contributed by atoms with van der Waals surface area (Å²) in [4.78, 5) is 21.8. The van der Waals surface area contributed by atoms with E-state index in [1.165, 1.54) is 6.92 Å². The van der Waals surface area contributed by atoms with E-state index < -0.39 is 6.03 Å². The van der Waals surface area contributed by atoms with Crippen molar-refractivity contribution in [3.8, 4) is 0 Å². The number of rotatable bonds is 1. The highest BCUT2D eigenvalue weighted by molar-refractivity contribution is 5.90. The van der Waals surface area contributed by atoms with Gasteiger partial charge in [-0.3, -0.25) is 10.2 Å². The number of hydrogen-bond donors (Lipinski definition) is 3. The van der Waals surface area contributed by atoms with E-state index in [1.54, 1.807) is 6.07 Å². The SMILES string of the molecule is CC(=O)NNC(=O)Nc1ccc(C)c(C)c1. The van der Waals surface area contributed by atoms with Gasteiger partial charge < -0.3 is 5.32 Å². The van der Waals surface area contributed by atoms with E-state index in [-0.39, 0.29) is 5.91 Å². The lowest BCUT2D eigenvalue weighted by molar-refractivity contribution is -0.119. The highest BCUT2D eigenvalue weighted by atomic mass is 16.2. The van der Waals surface area contributed by atoms with E-state index in [9.17, 15) is 9.59 Å². The second kappa shape index (κ2) is 5.16. The number of hydrogen-bond acceptors (Lipinski definition) is 2. The van der Waals surface area contributed by atoms with Gasteiger partial charge in [-0.15, -0.1) is 0 Å². The highest BCUT2D eigenvalue weighted by Gasteiger charge is 2.02. The summed E-state index contributed by atoms with van der Waals surface area (Å²) in [5.74, 6) is -0.324. The molecule has 0 saturated carbocycles. The van der Waals surface area contributed by atoms with Gasteiger partial charge in [0, 0.05) is 12.6 Å². The molecule has 1 aromatic rings. The van der Waals surface area contributed by atoms with Crippen molar-refractivity contribution in [2.24, 2.45) is 0 Å². The van der Waals surface area contributed by atoms with Crippen LogP contribution in [0.3, 0.4) is 0 Å². The molecule has 1 aromatic carbocycles. The Morgan fingerprint density at radius 3 is 2.31 bits per heavy atom. The second-order valence-corrected chi connectivity index (χ2v) is 3.56. The number of carbonyl (C=O) groups is 2. The summed E-state index contributed by atoms with van der Waals surface area (Å²) in [6.07, 6.45) is 0. The first kappa shape index (κ1) is 12.0. The number of carbonyl (C=O) groups excluding carboxylic acids is 2. The van der Waals surface area contributed by atoms with E-state index in [0.29, 0.717) is 5.69 Å². The molecule has 3 amide bonds. The predicted octanol–water partition coefficient (Wildman–Crippen LogP) is 1.48. The molecule has 86 valence electrons. The summed E-state index contributed by atoms with van der Waals surface area (Å²) in [5.41, 5.74) is 7.35. The maximum absolute atomic E-state index is 11.3. The maximum atomic E-state index is 11.3. The van der Waals surface area contributed by atoms with E-state index in [1.807, 2.05) is 26.0 Å². The third-order valence-electron chi connectivity index (χ3n) is 2.12. The Balaban J connectivity index is 2.56. The lowest BCUT2D eigenvalue weighted by atomic mass is 10.1. The first-order valence-electron chi connectivity index (χ1n) is 4.90. The van der Waals surface area contributed by atoms with Crippen molar-refractivity contribution in [3.63, 3.8) is 0 Å². The van der Waals surface area contributed by atoms with Crippen molar-refractivity contribution in [2.75, 3.05) is 5.32 Å². The summed E-state index contributed by atoms with van der Waals surface area (Å²) >= 11 is 0. The Morgan fingerprint density at radius 2 is 1.75 bits per heavy atom. The maximum Gasteiger partial charge on any atom is 0.337 e. The van der Waals surface area contributed by atoms with Crippen LogP contribution in [0.15, 0.2) is 18.2 Å². The van der Waals surface area contributed by atoms with Gasteiger partial charge in [-0.25, -0.2) is 10.2 Å². The fourth-order valence-electron chi connectivity index (χ4n) is 1.13. The third-order valence-corrected chi connectivity index (χ3v) is 2.12. The minimum absolute atomic E-state index is 0.324. The molecule has 3 N–H and O–H groups in total. The van der Waals surface area contributed by atoms with Crippen molar-refractivity contribution in [3.05, 3.63) is 29.3 Å². The topological polar surface area (TPSA) is 70.2 Å². The van der Waals surface area contributed by atoms with Crippen molar-refractivity contribution in [2.45, 2.75) is 20.8 Å². The van der Waals surface area contributed by atoms with Gasteiger partial charge in [-0.2, -0.15) is 0 Å². The van der Waals surface area contributed by atoms with Gasteiger partial charge in [0.1, 0.15) is 0 Å². The van der Waals surface area contributed by atoms with Crippen LogP contribution in [-0.4, -0.2) is 11.9 Å². The molecular formula is C11H15N3O2. The van der Waals surface area contributed by atoms with Crippen molar-refractivity contribution in [1.82, 2.24) is 10.9 Å². The van der Waals surface area contributed by atoms with Crippen LogP contribution >= 0.6 is 0 Å². The normalized spacial score (nSPS) is 9.44. The van der Waals surface area contributed by atoms with Crippen LogP contribution in [-0.2, 0) is 4.79 Å². The zero-order valence-corrected chi connectivity index (χ0v) is 9.55. The number of anilines is 1. The Bertz CT molecular complexity index is 416. The van der Waals surface area contributed by atoms with Gasteiger partial charge in [-0.1, -0.05) is 6.07 Å². The number of hydrazine groups is 1. The molecule has 16 heavy (non-hydrogen) atoms. The molecule has 0 fully saturated rings. The molecule has 0 bridgehead atoms. The first-order chi connectivity index (χ1) is 7.49. The average molecular weight is 221 g/mol. The summed E-state index contributed by atoms with van der Waals surface area (Å²) < 4.78 is 0. The van der Waals surface area contributed by atoms with E-state index in [2.05, 4.69) is 16.2 Å². The minimum Gasteiger partial charge on any atom is -0.307 e. The fraction of sp³-hybridized carbons (Fsp3) is 0.273. The molecule has 0 atom stereocenters. The lowest BCUT2D eigenvalue weighted by Crippen LogP contribution is -2.42. The van der Waals surface area contributed by atoms with E-state index >= 15 is 0 Å². The Kier molecular flexibility index (Phi) is 3.88. The minimum atomic E-state index is -0.474. The molecule has 1 rings (SSSR count). The second-order valence-electron chi connectivity index (χ2n) is 3.56. The third kappa shape index (κ3) is 3.61. The van der Waals surface area contributed by atoms with Crippen LogP contribution in [0.4, 0.5) is 10.5 Å². The molecular weight excluding hydrogens is 206 g/mol. The molecule has 0 aromatic heterocycles. The lowest BCUT2D eigenvalue weighted by Gasteiger charge is -2.09. The number of nitrogens with one attached hydrogen (secondary N) is 3. The summed E-state index contributed by atoms with van der Waals surface area (Å²) in [5, 5.41) is 2.60. The quantitative estimate of drug-likeness (QED) is 0.628. The molecule has 0 aliphatic carbocycles. The number of amides is 3. The zero-order valence-electron chi connectivity index (χ0n) is 9.55. The van der Waals surface area contributed by atoms with Crippen LogP contribution in [0.25, 0.3) is 0 Å². The molecule has 0 aliphatic rings. The fourth-order valence-corrected chi connectivity index (χ4v) is 1.13. The summed E-state index contributed by atoms with van der Waals surface area (Å²) in [7, 11) is 0. The van der Waals surface area contributed by atoms with Gasteiger partial charge in [0.15, 0.2) is 0 Å². The average Bonchev–Trinajstić information content (AvgIpc) is 2.21. The van der Waals surface area contributed by atoms with Gasteiger partial charge in [0.2, 0.25) is 5.91 Å². The summed E-state index contributed by atoms with van der Waals surface area (Å²) in [6, 6.07) is 5.11. The van der Waals surface area contributed by atoms with Crippen molar-refractivity contribution in [1.29, 1.82) is 0 Å². The molecule has 0 spiro atoms. The van der Waals surface area contributed by atoms with Crippen molar-refractivity contribution < 1.29 is 9.59 Å². The van der Waals surface area contributed by atoms with E-state index in [0.717, 1.165) is 11.1 Å². The Hall–Kier alpha value is -2.04. The smallest absolute Gasteiger partial charge is 0.307 e. The molecule has 0 saturated heterocycles. The van der Waals surface area contributed by atoms with Crippen LogP contribution < -0.4 is 16.2 Å². The monoisotopic (exact) mass is 221 g/mol. The van der Waals surface area contributed by atoms with Gasteiger partial charge in [0.05, 0.1) is 0 Å². The highest BCUT2D eigenvalue weighted by Crippen LogP contribution is 2.13. The molecule has 5 heteroatoms. The Labute approximate surface area is 94.2 Å². The predicted molar refractivity (Wildman–Crippen MR) is 61.9 cm³/mol. The van der Waals surface area contributed by atoms with Gasteiger partial charge >= 0.3 is 6.03 Å². The number of urea groups is 1. The van der Waals surface area contributed by atoms with Gasteiger partial charge in [-0.05, 0) is 37.1 Å². The first-order valence-corrected chi connectivity index (χ1v) is 4.90. The molecule has 0 unspecified atom stereocenters. The largest absolute Gasteiger partial charge is 0.337 e. The van der Waals surface area contributed by atoms with Crippen LogP contribution in [0.5, 0.6) is 0 Å². The van der Waals surface area contributed by atoms with Crippen LogP contribution in [0, 0.1) is 13.8 Å². The van der Waals surface area contributed by atoms with E-state index in [4.69, 9.17) is 0 Å². The standard InChI is InChI=1S/C11H15N3O2/c1-7-4-5-10(6-8(7)2)12-11(16)14-13-9(3)15/h4-6H,1-3H3,(H,13,15)(H2,12,14,16). The van der Waals surface area contributed by atoms with Gasteiger partial charge in [0.25, 0.3) is 0 Å². The molecule has 0 heterocycles. The van der Waals surface area contributed by atoms with Crippen LogP contribution in [0.1, 0.15) is 18.1 Å².